The van der Waals surface area contributed by atoms with E-state index in [1.807, 2.05) is 17.9 Å². The minimum atomic E-state index is -0.0810. The van der Waals surface area contributed by atoms with Gasteiger partial charge in [0.15, 0.2) is 0 Å². The van der Waals surface area contributed by atoms with Gasteiger partial charge in [-0.1, -0.05) is 0 Å². The van der Waals surface area contributed by atoms with Crippen molar-refractivity contribution in [2.45, 2.75) is 13.0 Å². The first-order valence-electron chi connectivity index (χ1n) is 6.08. The highest BCUT2D eigenvalue weighted by molar-refractivity contribution is 5.53. The lowest BCUT2D eigenvalue weighted by molar-refractivity contribution is 0.0723. The lowest BCUT2D eigenvalue weighted by Crippen LogP contribution is -2.48. The van der Waals surface area contributed by atoms with Gasteiger partial charge in [-0.25, -0.2) is 0 Å². The zero-order valence-corrected chi connectivity index (χ0v) is 10.5. The van der Waals surface area contributed by atoms with Gasteiger partial charge in [0.25, 0.3) is 0 Å². The van der Waals surface area contributed by atoms with E-state index in [1.54, 1.807) is 0 Å². The second-order valence-corrected chi connectivity index (χ2v) is 4.10. The molecule has 1 aliphatic heterocycles. The van der Waals surface area contributed by atoms with Gasteiger partial charge in [-0.15, -0.1) is 0 Å². The highest BCUT2D eigenvalue weighted by Gasteiger charge is 2.24. The molecule has 4 N–H and O–H groups in total. The SMILES string of the molecule is CCNc1cc(N2CCOCC2CO)nc(N)n1. The molecule has 100 valence electrons. The molecule has 1 aromatic heterocycles. The molecular weight excluding hydrogens is 234 g/mol. The van der Waals surface area contributed by atoms with E-state index >= 15 is 0 Å². The van der Waals surface area contributed by atoms with E-state index in [0.29, 0.717) is 25.6 Å². The number of morpholine rings is 1. The molecule has 1 saturated heterocycles. The Morgan fingerprint density at radius 2 is 2.44 bits per heavy atom. The Labute approximate surface area is 106 Å². The Morgan fingerprint density at radius 3 is 3.17 bits per heavy atom. The van der Waals surface area contributed by atoms with Crippen LogP contribution >= 0.6 is 0 Å². The molecule has 1 aliphatic rings. The number of nitrogens with one attached hydrogen (secondary N) is 1. The number of nitrogen functional groups attached to an aromatic ring is 1. The van der Waals surface area contributed by atoms with Crippen molar-refractivity contribution >= 4 is 17.6 Å². The summed E-state index contributed by atoms with van der Waals surface area (Å²) in [6, 6.07) is 1.76. The van der Waals surface area contributed by atoms with Crippen molar-refractivity contribution in [1.29, 1.82) is 0 Å². The fraction of sp³-hybridized carbons (Fsp3) is 0.636. The van der Waals surface area contributed by atoms with Gasteiger partial charge in [0, 0.05) is 19.2 Å². The molecule has 18 heavy (non-hydrogen) atoms. The third-order valence-corrected chi connectivity index (χ3v) is 2.82. The number of aromatic nitrogens is 2. The summed E-state index contributed by atoms with van der Waals surface area (Å²) in [5, 5.41) is 12.5. The quantitative estimate of drug-likeness (QED) is 0.677. The average Bonchev–Trinajstić information content (AvgIpc) is 2.38. The van der Waals surface area contributed by atoms with Crippen LogP contribution in [-0.4, -0.2) is 54.0 Å². The number of aliphatic hydroxyl groups excluding tert-OH is 1. The van der Waals surface area contributed by atoms with Crippen molar-refractivity contribution in [2.24, 2.45) is 0 Å². The predicted octanol–water partition coefficient (Wildman–Crippen LogP) is -0.312. The van der Waals surface area contributed by atoms with Crippen LogP contribution in [0.4, 0.5) is 17.6 Å². The first-order chi connectivity index (χ1) is 8.74. The Morgan fingerprint density at radius 1 is 1.61 bits per heavy atom. The molecule has 7 heteroatoms. The van der Waals surface area contributed by atoms with E-state index in [9.17, 15) is 5.11 Å². The second kappa shape index (κ2) is 5.83. The first kappa shape index (κ1) is 12.8. The maximum Gasteiger partial charge on any atom is 0.223 e. The molecule has 1 unspecified atom stereocenters. The zero-order valence-electron chi connectivity index (χ0n) is 10.5. The van der Waals surface area contributed by atoms with Gasteiger partial charge in [-0.2, -0.15) is 9.97 Å². The summed E-state index contributed by atoms with van der Waals surface area (Å²) < 4.78 is 5.34. The largest absolute Gasteiger partial charge is 0.394 e. The van der Waals surface area contributed by atoms with Crippen LogP contribution in [0.1, 0.15) is 6.92 Å². The predicted molar refractivity (Wildman–Crippen MR) is 69.6 cm³/mol. The van der Waals surface area contributed by atoms with Gasteiger partial charge in [-0.3, -0.25) is 0 Å². The molecule has 0 bridgehead atoms. The van der Waals surface area contributed by atoms with Crippen LogP contribution < -0.4 is 16.0 Å². The van der Waals surface area contributed by atoms with E-state index in [0.717, 1.165) is 12.4 Å². The number of hydrogen-bond acceptors (Lipinski definition) is 7. The van der Waals surface area contributed by atoms with Gasteiger partial charge in [-0.05, 0) is 6.92 Å². The average molecular weight is 253 g/mol. The molecule has 7 nitrogen and oxygen atoms in total. The number of hydrogen-bond donors (Lipinski definition) is 3. The third kappa shape index (κ3) is 2.80. The van der Waals surface area contributed by atoms with Crippen molar-refractivity contribution in [3.8, 4) is 0 Å². The summed E-state index contributed by atoms with van der Waals surface area (Å²) in [5.74, 6) is 1.65. The van der Waals surface area contributed by atoms with Gasteiger partial charge >= 0.3 is 0 Å². The van der Waals surface area contributed by atoms with Crippen molar-refractivity contribution in [3.63, 3.8) is 0 Å². The van der Waals surface area contributed by atoms with Crippen LogP contribution in [0.25, 0.3) is 0 Å². The van der Waals surface area contributed by atoms with E-state index in [1.165, 1.54) is 0 Å². The molecule has 0 aliphatic carbocycles. The molecule has 2 heterocycles. The molecule has 1 aromatic rings. The summed E-state index contributed by atoms with van der Waals surface area (Å²) in [7, 11) is 0. The van der Waals surface area contributed by atoms with E-state index in [4.69, 9.17) is 10.5 Å². The molecule has 0 radical (unpaired) electrons. The van der Waals surface area contributed by atoms with Crippen LogP contribution in [0.3, 0.4) is 0 Å². The standard InChI is InChI=1S/C11H19N5O2/c1-2-13-9-5-10(15-11(12)14-9)16-3-4-18-7-8(16)6-17/h5,8,17H,2-4,6-7H2,1H3,(H3,12,13,14,15). The van der Waals surface area contributed by atoms with Crippen molar-refractivity contribution < 1.29 is 9.84 Å². The first-order valence-corrected chi connectivity index (χ1v) is 6.08. The maximum absolute atomic E-state index is 9.35. The van der Waals surface area contributed by atoms with Crippen LogP contribution in [0, 0.1) is 0 Å². The Balaban J connectivity index is 2.24. The highest BCUT2D eigenvalue weighted by Crippen LogP contribution is 2.21. The molecule has 0 spiro atoms. The smallest absolute Gasteiger partial charge is 0.223 e. The lowest BCUT2D eigenvalue weighted by atomic mass is 10.2. The molecule has 0 saturated carbocycles. The van der Waals surface area contributed by atoms with Crippen LogP contribution in [0.2, 0.25) is 0 Å². The second-order valence-electron chi connectivity index (χ2n) is 4.10. The van der Waals surface area contributed by atoms with E-state index < -0.39 is 0 Å². The molecule has 1 fully saturated rings. The summed E-state index contributed by atoms with van der Waals surface area (Å²) in [5.41, 5.74) is 5.70. The molecule has 2 rings (SSSR count). The molecular formula is C11H19N5O2. The van der Waals surface area contributed by atoms with Crippen molar-refractivity contribution in [2.75, 3.05) is 48.9 Å². The van der Waals surface area contributed by atoms with Gasteiger partial charge in [0.05, 0.1) is 25.9 Å². The zero-order chi connectivity index (χ0) is 13.0. The number of ether oxygens (including phenoxy) is 1. The van der Waals surface area contributed by atoms with E-state index in [2.05, 4.69) is 15.3 Å². The van der Waals surface area contributed by atoms with Crippen molar-refractivity contribution in [3.05, 3.63) is 6.07 Å². The van der Waals surface area contributed by atoms with Gasteiger partial charge < -0.3 is 25.8 Å². The maximum atomic E-state index is 9.35. The monoisotopic (exact) mass is 253 g/mol. The fourth-order valence-corrected chi connectivity index (χ4v) is 1.98. The number of nitrogens with two attached hydrogens (primary N) is 1. The summed E-state index contributed by atoms with van der Waals surface area (Å²) in [6.45, 7) is 4.59. The Hall–Kier alpha value is -1.60. The van der Waals surface area contributed by atoms with Crippen LogP contribution in [0.15, 0.2) is 6.07 Å². The lowest BCUT2D eigenvalue weighted by Gasteiger charge is -2.35. The number of anilines is 3. The fourth-order valence-electron chi connectivity index (χ4n) is 1.98. The third-order valence-electron chi connectivity index (χ3n) is 2.82. The topological polar surface area (TPSA) is 96.5 Å². The molecule has 1 atom stereocenters. The van der Waals surface area contributed by atoms with E-state index in [-0.39, 0.29) is 18.6 Å². The summed E-state index contributed by atoms with van der Waals surface area (Å²) in [6.07, 6.45) is 0. The normalized spacial score (nSPS) is 19.9. The molecule has 0 aromatic carbocycles. The number of rotatable bonds is 4. The number of aliphatic hydroxyl groups is 1. The summed E-state index contributed by atoms with van der Waals surface area (Å²) in [4.78, 5) is 10.3. The van der Waals surface area contributed by atoms with Crippen LogP contribution in [0.5, 0.6) is 0 Å². The van der Waals surface area contributed by atoms with Crippen LogP contribution in [-0.2, 0) is 4.74 Å². The number of nitrogens with zero attached hydrogens (tertiary/aromatic N) is 3. The minimum absolute atomic E-state index is 0.0282. The molecule has 0 amide bonds. The van der Waals surface area contributed by atoms with Crippen molar-refractivity contribution in [1.82, 2.24) is 9.97 Å². The van der Waals surface area contributed by atoms with Gasteiger partial charge in [0.2, 0.25) is 5.95 Å². The Kier molecular flexibility index (Phi) is 4.16. The Bertz CT molecular complexity index is 401. The highest BCUT2D eigenvalue weighted by atomic mass is 16.5. The van der Waals surface area contributed by atoms with Gasteiger partial charge in [0.1, 0.15) is 11.6 Å². The minimum Gasteiger partial charge on any atom is -0.394 e. The summed E-state index contributed by atoms with van der Waals surface area (Å²) >= 11 is 0.